The quantitative estimate of drug-likeness (QED) is 0.691. The van der Waals surface area contributed by atoms with Crippen LogP contribution in [0.5, 0.6) is 0 Å². The molecule has 1 N–H and O–H groups in total. The van der Waals surface area contributed by atoms with E-state index in [0.717, 1.165) is 39.0 Å². The second-order valence-corrected chi connectivity index (χ2v) is 8.88. The number of hydrogen-bond acceptors (Lipinski definition) is 2. The summed E-state index contributed by atoms with van der Waals surface area (Å²) in [6, 6.07) is 10.5. The average molecular weight is 379 g/mol. The van der Waals surface area contributed by atoms with Gasteiger partial charge in [0.25, 0.3) is 0 Å². The van der Waals surface area contributed by atoms with E-state index in [-0.39, 0.29) is 5.92 Å². The first-order valence-corrected chi connectivity index (χ1v) is 11.1. The van der Waals surface area contributed by atoms with Crippen LogP contribution < -0.4 is 5.32 Å². The zero-order valence-electron chi connectivity index (χ0n) is 17.0. The van der Waals surface area contributed by atoms with Crippen LogP contribution in [0, 0.1) is 11.3 Å². The summed E-state index contributed by atoms with van der Waals surface area (Å²) in [5.41, 5.74) is 3.13. The molecule has 0 radical (unpaired) electrons. The molecule has 1 spiro atoms. The summed E-state index contributed by atoms with van der Waals surface area (Å²) in [6.45, 7) is 4.08. The van der Waals surface area contributed by atoms with Crippen molar-refractivity contribution in [2.24, 2.45) is 11.3 Å². The molecule has 1 saturated carbocycles. The summed E-state index contributed by atoms with van der Waals surface area (Å²) in [4.78, 5) is 15.1. The fraction of sp³-hybridized carbons (Fsp3) is 0.560. The molecule has 4 rings (SSSR count). The number of likely N-dealkylation sites (tertiary alicyclic amines) is 1. The first-order chi connectivity index (χ1) is 13.8. The maximum absolute atomic E-state index is 12.6. The lowest BCUT2D eigenvalue weighted by molar-refractivity contribution is -0.123. The molecule has 0 bridgehead atoms. The summed E-state index contributed by atoms with van der Waals surface area (Å²) in [5.74, 6) is 0.587. The van der Waals surface area contributed by atoms with Crippen molar-refractivity contribution in [1.29, 1.82) is 0 Å². The Bertz CT molecular complexity index is 713. The Kier molecular flexibility index (Phi) is 6.31. The minimum atomic E-state index is 0.273. The molecule has 3 nitrogen and oxygen atoms in total. The van der Waals surface area contributed by atoms with E-state index in [2.05, 4.69) is 58.8 Å². The molecule has 2 fully saturated rings. The number of nitrogens with zero attached hydrogens (tertiary/aromatic N) is 1. The van der Waals surface area contributed by atoms with Gasteiger partial charge in [-0.2, -0.15) is 0 Å². The van der Waals surface area contributed by atoms with Gasteiger partial charge >= 0.3 is 0 Å². The van der Waals surface area contributed by atoms with Gasteiger partial charge in [-0.1, -0.05) is 54.1 Å². The smallest absolute Gasteiger partial charge is 0.223 e. The van der Waals surface area contributed by atoms with Crippen LogP contribution in [0.1, 0.15) is 56.9 Å². The van der Waals surface area contributed by atoms with Crippen molar-refractivity contribution in [2.45, 2.75) is 51.4 Å². The van der Waals surface area contributed by atoms with Gasteiger partial charge in [0.15, 0.2) is 0 Å². The van der Waals surface area contributed by atoms with Gasteiger partial charge in [-0.3, -0.25) is 9.69 Å². The minimum absolute atomic E-state index is 0.273. The lowest BCUT2D eigenvalue weighted by atomic mass is 9.90. The predicted octanol–water partition coefficient (Wildman–Crippen LogP) is 4.81. The van der Waals surface area contributed by atoms with Crippen LogP contribution >= 0.6 is 0 Å². The highest BCUT2D eigenvalue weighted by Gasteiger charge is 2.58. The first-order valence-electron chi connectivity index (χ1n) is 11.1. The molecule has 1 saturated heterocycles. The summed E-state index contributed by atoms with van der Waals surface area (Å²) >= 11 is 0. The van der Waals surface area contributed by atoms with Crippen molar-refractivity contribution in [3.8, 4) is 0 Å². The van der Waals surface area contributed by atoms with Crippen LogP contribution in [0.2, 0.25) is 0 Å². The number of carbonyl (C=O) groups is 1. The molecule has 0 aromatic heterocycles. The minimum Gasteiger partial charge on any atom is -0.356 e. The maximum Gasteiger partial charge on any atom is 0.223 e. The van der Waals surface area contributed by atoms with Crippen molar-refractivity contribution in [3.05, 3.63) is 53.6 Å². The number of allylic oxidation sites excluding steroid dienone is 1. The Morgan fingerprint density at radius 2 is 2.00 bits per heavy atom. The van der Waals surface area contributed by atoms with Crippen LogP contribution in [0.25, 0.3) is 6.08 Å². The number of nitrogens with one attached hydrogen (secondary N) is 1. The topological polar surface area (TPSA) is 32.3 Å². The Balaban J connectivity index is 1.15. The number of hydrogen-bond donors (Lipinski definition) is 1. The van der Waals surface area contributed by atoms with Gasteiger partial charge in [0.05, 0.1) is 0 Å². The number of benzene rings is 1. The van der Waals surface area contributed by atoms with Crippen molar-refractivity contribution in [3.63, 3.8) is 0 Å². The van der Waals surface area contributed by atoms with Crippen LogP contribution in [-0.2, 0) is 4.79 Å². The number of piperidine rings is 1. The van der Waals surface area contributed by atoms with E-state index in [1.165, 1.54) is 44.1 Å². The molecule has 28 heavy (non-hydrogen) atoms. The van der Waals surface area contributed by atoms with Crippen molar-refractivity contribution >= 4 is 12.0 Å². The molecular weight excluding hydrogens is 344 g/mol. The molecule has 1 heterocycles. The standard InChI is InChI=1S/C25H34N2O/c28-24(26-16-13-22-10-5-2-6-11-22)23-20-25(23)14-18-27(19-15-25)17-7-12-21-8-3-1-4-9-21/h1,3-4,7-10,12,23H,2,5-6,11,13-20H2,(H,26,28). The van der Waals surface area contributed by atoms with Gasteiger partial charge in [-0.15, -0.1) is 0 Å². The largest absolute Gasteiger partial charge is 0.356 e. The zero-order chi connectivity index (χ0) is 19.2. The van der Waals surface area contributed by atoms with Crippen LogP contribution in [0.4, 0.5) is 0 Å². The van der Waals surface area contributed by atoms with Gasteiger partial charge < -0.3 is 5.32 Å². The summed E-state index contributed by atoms with van der Waals surface area (Å²) in [5, 5.41) is 3.22. The van der Waals surface area contributed by atoms with E-state index in [1.54, 1.807) is 5.57 Å². The van der Waals surface area contributed by atoms with E-state index < -0.39 is 0 Å². The fourth-order valence-corrected chi connectivity index (χ4v) is 4.96. The monoisotopic (exact) mass is 378 g/mol. The normalized spacial score (nSPS) is 24.3. The molecule has 2 aliphatic carbocycles. The van der Waals surface area contributed by atoms with Crippen LogP contribution in [0.15, 0.2) is 48.1 Å². The number of rotatable bonds is 7. The molecule has 1 unspecified atom stereocenters. The third-order valence-electron chi connectivity index (χ3n) is 6.96. The second-order valence-electron chi connectivity index (χ2n) is 8.88. The van der Waals surface area contributed by atoms with Crippen LogP contribution in [-0.4, -0.2) is 37.0 Å². The van der Waals surface area contributed by atoms with E-state index in [4.69, 9.17) is 0 Å². The van der Waals surface area contributed by atoms with Gasteiger partial charge in [-0.05, 0) is 75.4 Å². The Morgan fingerprint density at radius 3 is 2.75 bits per heavy atom. The molecule has 1 amide bonds. The number of amides is 1. The van der Waals surface area contributed by atoms with Crippen molar-refractivity contribution < 1.29 is 4.79 Å². The average Bonchev–Trinajstić information content (AvgIpc) is 3.45. The first kappa shape index (κ1) is 19.4. The van der Waals surface area contributed by atoms with Crippen molar-refractivity contribution in [2.75, 3.05) is 26.2 Å². The molecule has 1 aromatic rings. The van der Waals surface area contributed by atoms with Gasteiger partial charge in [0, 0.05) is 19.0 Å². The highest BCUT2D eigenvalue weighted by Crippen LogP contribution is 2.59. The van der Waals surface area contributed by atoms with Crippen LogP contribution in [0.3, 0.4) is 0 Å². The van der Waals surface area contributed by atoms with Gasteiger partial charge in [-0.25, -0.2) is 0 Å². The maximum atomic E-state index is 12.6. The third-order valence-corrected chi connectivity index (χ3v) is 6.96. The second kappa shape index (κ2) is 9.09. The molecule has 3 aliphatic rings. The Labute approximate surface area is 169 Å². The number of carbonyl (C=O) groups excluding carboxylic acids is 1. The molecule has 150 valence electrons. The predicted molar refractivity (Wildman–Crippen MR) is 116 cm³/mol. The van der Waals surface area contributed by atoms with E-state index in [9.17, 15) is 4.79 Å². The van der Waals surface area contributed by atoms with Gasteiger partial charge in [0.2, 0.25) is 5.91 Å². The molecule has 1 aliphatic heterocycles. The molecule has 3 heteroatoms. The highest BCUT2D eigenvalue weighted by molar-refractivity contribution is 5.82. The summed E-state index contributed by atoms with van der Waals surface area (Å²) in [6.07, 6.45) is 16.5. The van der Waals surface area contributed by atoms with Crippen molar-refractivity contribution in [1.82, 2.24) is 10.2 Å². The summed E-state index contributed by atoms with van der Waals surface area (Å²) < 4.78 is 0. The lowest BCUT2D eigenvalue weighted by Gasteiger charge is -2.32. The Hall–Kier alpha value is -1.87. The zero-order valence-corrected chi connectivity index (χ0v) is 17.0. The Morgan fingerprint density at radius 1 is 1.18 bits per heavy atom. The van der Waals surface area contributed by atoms with E-state index >= 15 is 0 Å². The third kappa shape index (κ3) is 4.94. The van der Waals surface area contributed by atoms with E-state index in [0.29, 0.717) is 11.3 Å². The molecule has 1 aromatic carbocycles. The SMILES string of the molecule is O=C(NCCC1=CCCCC1)C1CC12CCN(CC=Cc1ccccc1)CC2. The van der Waals surface area contributed by atoms with Gasteiger partial charge in [0.1, 0.15) is 0 Å². The molecule has 1 atom stereocenters. The summed E-state index contributed by atoms with van der Waals surface area (Å²) in [7, 11) is 0. The van der Waals surface area contributed by atoms with E-state index in [1.807, 2.05) is 0 Å². The lowest BCUT2D eigenvalue weighted by Crippen LogP contribution is -2.37. The fourth-order valence-electron chi connectivity index (χ4n) is 4.96. The molecular formula is C25H34N2O. The highest BCUT2D eigenvalue weighted by atomic mass is 16.2.